The summed E-state index contributed by atoms with van der Waals surface area (Å²) < 4.78 is 11.2. The average Bonchev–Trinajstić information content (AvgIpc) is 2.68. The number of piperidine rings is 1. The molecule has 6 heteroatoms. The topological polar surface area (TPSA) is 58.1 Å². The van der Waals surface area contributed by atoms with Gasteiger partial charge in [0.15, 0.2) is 5.96 Å². The van der Waals surface area contributed by atoms with Gasteiger partial charge in [0.1, 0.15) is 0 Å². The lowest BCUT2D eigenvalue weighted by Gasteiger charge is -2.30. The average molecular weight is 369 g/mol. The lowest BCUT2D eigenvalue weighted by Crippen LogP contribution is -2.40. The van der Waals surface area contributed by atoms with Crippen LogP contribution in [-0.2, 0) is 9.47 Å². The van der Waals surface area contributed by atoms with Gasteiger partial charge in [-0.3, -0.25) is 4.99 Å². The number of rotatable bonds is 10. The lowest BCUT2D eigenvalue weighted by molar-refractivity contribution is 0.0203. The van der Waals surface area contributed by atoms with E-state index in [1.54, 1.807) is 0 Å². The second-order valence-corrected chi connectivity index (χ2v) is 7.79. The molecule has 2 aliphatic heterocycles. The molecule has 0 radical (unpaired) electrons. The molecule has 2 fully saturated rings. The molecule has 0 aromatic carbocycles. The van der Waals surface area contributed by atoms with Gasteiger partial charge in [0.2, 0.25) is 0 Å². The van der Waals surface area contributed by atoms with E-state index in [2.05, 4.69) is 27.4 Å². The highest BCUT2D eigenvalue weighted by Crippen LogP contribution is 2.16. The summed E-state index contributed by atoms with van der Waals surface area (Å²) in [6.45, 7) is 11.5. The standard InChI is InChI=1S/C20H40N4O2/c1-18-5-12-24(13-6-18)11-3-9-22-20(21-2)23-10-4-14-26-17-19-7-15-25-16-8-19/h18-19H,3-17H2,1-2H3,(H2,21,22,23). The summed E-state index contributed by atoms with van der Waals surface area (Å²) in [6, 6.07) is 0. The number of hydrogen-bond donors (Lipinski definition) is 2. The van der Waals surface area contributed by atoms with E-state index in [1.165, 1.54) is 38.9 Å². The van der Waals surface area contributed by atoms with E-state index in [0.717, 1.165) is 70.7 Å². The van der Waals surface area contributed by atoms with Crippen molar-refractivity contribution in [3.05, 3.63) is 0 Å². The third-order valence-electron chi connectivity index (χ3n) is 5.50. The van der Waals surface area contributed by atoms with Crippen molar-refractivity contribution < 1.29 is 9.47 Å². The summed E-state index contributed by atoms with van der Waals surface area (Å²) in [7, 11) is 1.84. The summed E-state index contributed by atoms with van der Waals surface area (Å²) in [4.78, 5) is 6.89. The van der Waals surface area contributed by atoms with Gasteiger partial charge in [0.25, 0.3) is 0 Å². The second-order valence-electron chi connectivity index (χ2n) is 7.79. The number of aliphatic imine (C=N–C) groups is 1. The molecule has 2 rings (SSSR count). The molecule has 0 amide bonds. The Morgan fingerprint density at radius 3 is 2.46 bits per heavy atom. The van der Waals surface area contributed by atoms with E-state index >= 15 is 0 Å². The first-order chi connectivity index (χ1) is 12.8. The van der Waals surface area contributed by atoms with Crippen LogP contribution in [0.3, 0.4) is 0 Å². The monoisotopic (exact) mass is 368 g/mol. The quantitative estimate of drug-likeness (QED) is 0.351. The largest absolute Gasteiger partial charge is 0.381 e. The minimum atomic E-state index is 0.689. The fourth-order valence-corrected chi connectivity index (χ4v) is 3.56. The van der Waals surface area contributed by atoms with Crippen LogP contribution in [0.2, 0.25) is 0 Å². The molecule has 2 heterocycles. The van der Waals surface area contributed by atoms with Gasteiger partial charge >= 0.3 is 0 Å². The van der Waals surface area contributed by atoms with Crippen molar-refractivity contribution >= 4 is 5.96 Å². The minimum absolute atomic E-state index is 0.689. The molecule has 0 bridgehead atoms. The fraction of sp³-hybridized carbons (Fsp3) is 0.950. The van der Waals surface area contributed by atoms with E-state index in [1.807, 2.05) is 7.05 Å². The van der Waals surface area contributed by atoms with E-state index < -0.39 is 0 Å². The van der Waals surface area contributed by atoms with Gasteiger partial charge in [0, 0.05) is 46.6 Å². The van der Waals surface area contributed by atoms with Crippen LogP contribution in [0, 0.1) is 11.8 Å². The smallest absolute Gasteiger partial charge is 0.190 e. The Balaban J connectivity index is 1.41. The number of hydrogen-bond acceptors (Lipinski definition) is 4. The lowest BCUT2D eigenvalue weighted by atomic mass is 9.99. The van der Waals surface area contributed by atoms with Gasteiger partial charge < -0.3 is 25.0 Å². The molecular weight excluding hydrogens is 328 g/mol. The Morgan fingerprint density at radius 1 is 1.08 bits per heavy atom. The zero-order valence-electron chi connectivity index (χ0n) is 17.0. The van der Waals surface area contributed by atoms with Gasteiger partial charge in [-0.25, -0.2) is 0 Å². The molecule has 0 atom stereocenters. The highest BCUT2D eigenvalue weighted by molar-refractivity contribution is 5.79. The summed E-state index contributed by atoms with van der Waals surface area (Å²) >= 11 is 0. The van der Waals surface area contributed by atoms with E-state index in [-0.39, 0.29) is 0 Å². The summed E-state index contributed by atoms with van der Waals surface area (Å²) in [5.74, 6) is 2.50. The Kier molecular flexibility index (Phi) is 11.0. The molecule has 26 heavy (non-hydrogen) atoms. The molecule has 0 saturated carbocycles. The molecule has 0 unspecified atom stereocenters. The summed E-state index contributed by atoms with van der Waals surface area (Å²) in [5.41, 5.74) is 0. The first-order valence-corrected chi connectivity index (χ1v) is 10.6. The normalized spacial score (nSPS) is 21.1. The van der Waals surface area contributed by atoms with Crippen LogP contribution in [-0.4, -0.2) is 77.1 Å². The zero-order chi connectivity index (χ0) is 18.5. The van der Waals surface area contributed by atoms with E-state index in [4.69, 9.17) is 9.47 Å². The van der Waals surface area contributed by atoms with Crippen molar-refractivity contribution in [1.82, 2.24) is 15.5 Å². The number of nitrogens with zero attached hydrogens (tertiary/aromatic N) is 2. The maximum absolute atomic E-state index is 5.80. The molecular formula is C20H40N4O2. The van der Waals surface area contributed by atoms with Crippen LogP contribution in [0.15, 0.2) is 4.99 Å². The molecule has 0 aromatic rings. The van der Waals surface area contributed by atoms with Crippen molar-refractivity contribution in [3.63, 3.8) is 0 Å². The molecule has 0 aromatic heterocycles. The van der Waals surface area contributed by atoms with Crippen LogP contribution in [0.25, 0.3) is 0 Å². The maximum Gasteiger partial charge on any atom is 0.190 e. The number of guanidine groups is 1. The van der Waals surface area contributed by atoms with Crippen molar-refractivity contribution in [2.75, 3.05) is 66.2 Å². The summed E-state index contributed by atoms with van der Waals surface area (Å²) in [6.07, 6.45) is 7.18. The van der Waals surface area contributed by atoms with E-state index in [9.17, 15) is 0 Å². The summed E-state index contributed by atoms with van der Waals surface area (Å²) in [5, 5.41) is 6.80. The zero-order valence-corrected chi connectivity index (χ0v) is 17.0. The Bertz CT molecular complexity index is 378. The first-order valence-electron chi connectivity index (χ1n) is 10.6. The molecule has 2 N–H and O–H groups in total. The Morgan fingerprint density at radius 2 is 1.77 bits per heavy atom. The highest BCUT2D eigenvalue weighted by Gasteiger charge is 2.15. The van der Waals surface area contributed by atoms with Gasteiger partial charge in [-0.15, -0.1) is 0 Å². The Labute approximate surface area is 160 Å². The van der Waals surface area contributed by atoms with Crippen molar-refractivity contribution in [2.24, 2.45) is 16.8 Å². The molecule has 2 saturated heterocycles. The number of ether oxygens (including phenoxy) is 2. The van der Waals surface area contributed by atoms with Gasteiger partial charge in [-0.1, -0.05) is 6.92 Å². The van der Waals surface area contributed by atoms with Gasteiger partial charge in [0.05, 0.1) is 0 Å². The number of likely N-dealkylation sites (tertiary alicyclic amines) is 1. The molecule has 0 spiro atoms. The molecule has 152 valence electrons. The highest BCUT2D eigenvalue weighted by atomic mass is 16.5. The van der Waals surface area contributed by atoms with Crippen LogP contribution in [0.4, 0.5) is 0 Å². The molecule has 0 aliphatic carbocycles. The fourth-order valence-electron chi connectivity index (χ4n) is 3.56. The predicted octanol–water partition coefficient (Wildman–Crippen LogP) is 2.11. The van der Waals surface area contributed by atoms with Crippen LogP contribution in [0.5, 0.6) is 0 Å². The van der Waals surface area contributed by atoms with Crippen molar-refractivity contribution in [2.45, 2.75) is 45.4 Å². The molecule has 6 nitrogen and oxygen atoms in total. The minimum Gasteiger partial charge on any atom is -0.381 e. The van der Waals surface area contributed by atoms with Gasteiger partial charge in [-0.2, -0.15) is 0 Å². The maximum atomic E-state index is 5.80. The second kappa shape index (κ2) is 13.3. The van der Waals surface area contributed by atoms with Crippen molar-refractivity contribution in [3.8, 4) is 0 Å². The first kappa shape index (κ1) is 21.5. The van der Waals surface area contributed by atoms with E-state index in [0.29, 0.717) is 5.92 Å². The molecule has 2 aliphatic rings. The third-order valence-corrected chi connectivity index (χ3v) is 5.50. The van der Waals surface area contributed by atoms with Crippen molar-refractivity contribution in [1.29, 1.82) is 0 Å². The predicted molar refractivity (Wildman–Crippen MR) is 108 cm³/mol. The van der Waals surface area contributed by atoms with Crippen LogP contribution < -0.4 is 10.6 Å². The van der Waals surface area contributed by atoms with Gasteiger partial charge in [-0.05, 0) is 70.0 Å². The van der Waals surface area contributed by atoms with Crippen LogP contribution in [0.1, 0.15) is 45.4 Å². The SMILES string of the molecule is CN=C(NCCCOCC1CCOCC1)NCCCN1CCC(C)CC1. The van der Waals surface area contributed by atoms with Crippen LogP contribution >= 0.6 is 0 Å². The number of nitrogens with one attached hydrogen (secondary N) is 2. The Hall–Kier alpha value is -0.850. The third kappa shape index (κ3) is 9.19.